The molecule has 1 fully saturated rings. The SMILES string of the molecule is CN(C)C(=O)CN=C(NCCCN(C)c1ccccc1)NCCC1CCCCO1. The molecule has 1 aliphatic rings. The van der Waals surface area contributed by atoms with E-state index in [0.29, 0.717) is 12.1 Å². The zero-order valence-electron chi connectivity index (χ0n) is 18.2. The number of aliphatic imine (C=N–C) groups is 1. The Balaban J connectivity index is 1.75. The Kier molecular flexibility index (Phi) is 10.3. The zero-order chi connectivity index (χ0) is 20.9. The number of likely N-dealkylation sites (N-methyl/N-ethyl adjacent to an activating group) is 1. The van der Waals surface area contributed by atoms with Crippen molar-refractivity contribution in [3.8, 4) is 0 Å². The minimum atomic E-state index is -0.00877. The molecule has 1 saturated heterocycles. The molecule has 0 saturated carbocycles. The monoisotopic (exact) mass is 403 g/mol. The van der Waals surface area contributed by atoms with Gasteiger partial charge in [0, 0.05) is 53.1 Å². The normalized spacial score (nSPS) is 16.9. The molecule has 1 amide bonds. The average Bonchev–Trinajstić information content (AvgIpc) is 2.75. The Bertz CT molecular complexity index is 615. The van der Waals surface area contributed by atoms with E-state index in [-0.39, 0.29) is 12.5 Å². The number of carbonyl (C=O) groups is 1. The van der Waals surface area contributed by atoms with Gasteiger partial charge in [-0.1, -0.05) is 18.2 Å². The predicted octanol–water partition coefficient (Wildman–Crippen LogP) is 2.10. The molecule has 1 atom stereocenters. The van der Waals surface area contributed by atoms with Gasteiger partial charge in [-0.05, 0) is 44.2 Å². The van der Waals surface area contributed by atoms with Gasteiger partial charge >= 0.3 is 0 Å². The summed E-state index contributed by atoms with van der Waals surface area (Å²) in [6, 6.07) is 10.4. The van der Waals surface area contributed by atoms with E-state index in [1.165, 1.54) is 18.5 Å². The molecule has 7 nitrogen and oxygen atoms in total. The van der Waals surface area contributed by atoms with Gasteiger partial charge in [-0.25, -0.2) is 4.99 Å². The Morgan fingerprint density at radius 3 is 2.59 bits per heavy atom. The summed E-state index contributed by atoms with van der Waals surface area (Å²) in [6.07, 6.45) is 5.81. The molecule has 1 aliphatic heterocycles. The average molecular weight is 404 g/mol. The van der Waals surface area contributed by atoms with Gasteiger partial charge in [0.1, 0.15) is 6.54 Å². The lowest BCUT2D eigenvalue weighted by atomic mass is 10.1. The van der Waals surface area contributed by atoms with Gasteiger partial charge in [-0.2, -0.15) is 0 Å². The van der Waals surface area contributed by atoms with Crippen LogP contribution >= 0.6 is 0 Å². The second kappa shape index (κ2) is 13.0. The van der Waals surface area contributed by atoms with E-state index in [1.54, 1.807) is 19.0 Å². The fourth-order valence-corrected chi connectivity index (χ4v) is 3.18. The number of ether oxygens (including phenoxy) is 1. The molecular formula is C22H37N5O2. The highest BCUT2D eigenvalue weighted by Crippen LogP contribution is 2.14. The third-order valence-electron chi connectivity index (χ3n) is 5.06. The number of para-hydroxylation sites is 1. The summed E-state index contributed by atoms with van der Waals surface area (Å²) < 4.78 is 5.79. The minimum Gasteiger partial charge on any atom is -0.378 e. The second-order valence-electron chi connectivity index (χ2n) is 7.69. The van der Waals surface area contributed by atoms with Crippen molar-refractivity contribution >= 4 is 17.6 Å². The lowest BCUT2D eigenvalue weighted by molar-refractivity contribution is -0.127. The van der Waals surface area contributed by atoms with E-state index < -0.39 is 0 Å². The first-order valence-corrected chi connectivity index (χ1v) is 10.7. The van der Waals surface area contributed by atoms with E-state index in [1.807, 2.05) is 6.07 Å². The standard InChI is InChI=1S/C22H37N5O2/c1-26(2)21(28)18-25-22(24-15-13-20-12-7-8-17-29-20)23-14-9-16-27(3)19-10-5-4-6-11-19/h4-6,10-11,20H,7-9,12-18H2,1-3H3,(H2,23,24,25). The van der Waals surface area contributed by atoms with Gasteiger partial charge in [0.05, 0.1) is 6.10 Å². The summed E-state index contributed by atoms with van der Waals surface area (Å²) in [4.78, 5) is 20.1. The van der Waals surface area contributed by atoms with Crippen molar-refractivity contribution < 1.29 is 9.53 Å². The van der Waals surface area contributed by atoms with Crippen molar-refractivity contribution in [2.75, 3.05) is 58.8 Å². The lowest BCUT2D eigenvalue weighted by Gasteiger charge is -2.23. The van der Waals surface area contributed by atoms with Crippen LogP contribution in [0.3, 0.4) is 0 Å². The van der Waals surface area contributed by atoms with Crippen molar-refractivity contribution in [2.45, 2.75) is 38.2 Å². The quantitative estimate of drug-likeness (QED) is 0.356. The predicted molar refractivity (Wildman–Crippen MR) is 120 cm³/mol. The van der Waals surface area contributed by atoms with Gasteiger partial charge < -0.3 is 25.2 Å². The highest BCUT2D eigenvalue weighted by molar-refractivity contribution is 5.84. The summed E-state index contributed by atoms with van der Waals surface area (Å²) in [5.74, 6) is 0.684. The molecule has 0 radical (unpaired) electrons. The van der Waals surface area contributed by atoms with Gasteiger partial charge in [-0.3, -0.25) is 4.79 Å². The summed E-state index contributed by atoms with van der Waals surface area (Å²) in [5, 5.41) is 6.71. The number of hydrogen-bond donors (Lipinski definition) is 2. The topological polar surface area (TPSA) is 69.2 Å². The second-order valence-corrected chi connectivity index (χ2v) is 7.69. The maximum Gasteiger partial charge on any atom is 0.243 e. The fourth-order valence-electron chi connectivity index (χ4n) is 3.18. The number of hydrogen-bond acceptors (Lipinski definition) is 4. The number of benzene rings is 1. The van der Waals surface area contributed by atoms with Gasteiger partial charge in [0.15, 0.2) is 5.96 Å². The maximum atomic E-state index is 11.9. The molecule has 2 N–H and O–H groups in total. The molecule has 162 valence electrons. The van der Waals surface area contributed by atoms with E-state index >= 15 is 0 Å². The van der Waals surface area contributed by atoms with Crippen LogP contribution in [0.25, 0.3) is 0 Å². The minimum absolute atomic E-state index is 0.00877. The number of carbonyl (C=O) groups excluding carboxylic acids is 1. The Morgan fingerprint density at radius 2 is 1.90 bits per heavy atom. The maximum absolute atomic E-state index is 11.9. The van der Waals surface area contributed by atoms with Crippen LogP contribution in [-0.4, -0.2) is 76.8 Å². The van der Waals surface area contributed by atoms with Crippen LogP contribution in [0.4, 0.5) is 5.69 Å². The Labute approximate surface area is 175 Å². The summed E-state index contributed by atoms with van der Waals surface area (Å²) >= 11 is 0. The summed E-state index contributed by atoms with van der Waals surface area (Å²) in [6.45, 7) is 3.54. The highest BCUT2D eigenvalue weighted by Gasteiger charge is 2.13. The zero-order valence-corrected chi connectivity index (χ0v) is 18.2. The molecule has 0 bridgehead atoms. The van der Waals surface area contributed by atoms with Crippen molar-refractivity contribution in [1.82, 2.24) is 15.5 Å². The van der Waals surface area contributed by atoms with Gasteiger partial charge in [0.25, 0.3) is 0 Å². The highest BCUT2D eigenvalue weighted by atomic mass is 16.5. The molecule has 1 unspecified atom stereocenters. The smallest absolute Gasteiger partial charge is 0.243 e. The van der Waals surface area contributed by atoms with E-state index in [2.05, 4.69) is 51.8 Å². The number of guanidine groups is 1. The Hall–Kier alpha value is -2.28. The van der Waals surface area contributed by atoms with Crippen molar-refractivity contribution in [3.05, 3.63) is 30.3 Å². The fraction of sp³-hybridized carbons (Fsp3) is 0.636. The first-order valence-electron chi connectivity index (χ1n) is 10.7. The summed E-state index contributed by atoms with van der Waals surface area (Å²) in [7, 11) is 5.60. The van der Waals surface area contributed by atoms with E-state index in [4.69, 9.17) is 4.74 Å². The first kappa shape index (κ1) is 23.0. The molecule has 1 aromatic carbocycles. The van der Waals surface area contributed by atoms with Crippen molar-refractivity contribution in [2.24, 2.45) is 4.99 Å². The van der Waals surface area contributed by atoms with Crippen molar-refractivity contribution in [1.29, 1.82) is 0 Å². The van der Waals surface area contributed by atoms with Crippen LogP contribution in [0.5, 0.6) is 0 Å². The Morgan fingerprint density at radius 1 is 1.14 bits per heavy atom. The van der Waals surface area contributed by atoms with Crippen LogP contribution in [-0.2, 0) is 9.53 Å². The van der Waals surface area contributed by atoms with Crippen LogP contribution in [0.2, 0.25) is 0 Å². The lowest BCUT2D eigenvalue weighted by Crippen LogP contribution is -2.41. The molecule has 0 spiro atoms. The van der Waals surface area contributed by atoms with Gasteiger partial charge in [0.2, 0.25) is 5.91 Å². The van der Waals surface area contributed by atoms with Crippen LogP contribution in [0.1, 0.15) is 32.1 Å². The van der Waals surface area contributed by atoms with Crippen molar-refractivity contribution in [3.63, 3.8) is 0 Å². The van der Waals surface area contributed by atoms with E-state index in [9.17, 15) is 4.79 Å². The van der Waals surface area contributed by atoms with Crippen LogP contribution in [0.15, 0.2) is 35.3 Å². The van der Waals surface area contributed by atoms with E-state index in [0.717, 1.165) is 45.5 Å². The first-order chi connectivity index (χ1) is 14.1. The molecule has 1 heterocycles. The number of rotatable bonds is 10. The number of anilines is 1. The third-order valence-corrected chi connectivity index (χ3v) is 5.06. The molecule has 2 rings (SSSR count). The molecule has 7 heteroatoms. The van der Waals surface area contributed by atoms with Crippen LogP contribution in [0, 0.1) is 0 Å². The molecular weight excluding hydrogens is 366 g/mol. The third kappa shape index (κ3) is 9.17. The molecule has 0 aliphatic carbocycles. The number of nitrogens with zero attached hydrogens (tertiary/aromatic N) is 3. The van der Waals surface area contributed by atoms with Gasteiger partial charge in [-0.15, -0.1) is 0 Å². The largest absolute Gasteiger partial charge is 0.378 e. The summed E-state index contributed by atoms with van der Waals surface area (Å²) in [5.41, 5.74) is 1.21. The number of nitrogens with one attached hydrogen (secondary N) is 2. The molecule has 1 aromatic rings. The number of amides is 1. The van der Waals surface area contributed by atoms with Crippen LogP contribution < -0.4 is 15.5 Å². The molecule has 29 heavy (non-hydrogen) atoms. The molecule has 0 aromatic heterocycles.